The lowest BCUT2D eigenvalue weighted by Gasteiger charge is -2.22. The first kappa shape index (κ1) is 37.4. The normalized spacial score (nSPS) is 21.6. The minimum absolute atomic E-state index is 0.0754. The van der Waals surface area contributed by atoms with E-state index in [1.165, 1.54) is 57.9 Å². The molecule has 47 heavy (non-hydrogen) atoms. The van der Waals surface area contributed by atoms with Gasteiger partial charge in [0.15, 0.2) is 11.5 Å². The fourth-order valence-corrected chi connectivity index (χ4v) is 9.25. The maximum Gasteiger partial charge on any atom is 0.490 e. The van der Waals surface area contributed by atoms with Crippen LogP contribution in [0.4, 0.5) is 11.5 Å². The first-order valence-corrected chi connectivity index (χ1v) is 20.2. The van der Waals surface area contributed by atoms with Gasteiger partial charge in [0.1, 0.15) is 30.3 Å². The Kier molecular flexibility index (Phi) is 11.9. The van der Waals surface area contributed by atoms with Crippen LogP contribution in [0.3, 0.4) is 0 Å². The van der Waals surface area contributed by atoms with Gasteiger partial charge in [0.05, 0.1) is 18.5 Å². The first-order chi connectivity index (χ1) is 21.9. The topological polar surface area (TPSA) is 294 Å². The van der Waals surface area contributed by atoms with Crippen LogP contribution < -0.4 is 11.1 Å². The van der Waals surface area contributed by atoms with Crippen LogP contribution in [-0.4, -0.2) is 76.0 Å². The number of ether oxygens (including phenoxy) is 2. The summed E-state index contributed by atoms with van der Waals surface area (Å²) in [6, 6.07) is 4.62. The zero-order valence-electron chi connectivity index (χ0n) is 24.5. The maximum absolute atomic E-state index is 13.6. The van der Waals surface area contributed by atoms with Crippen LogP contribution >= 0.6 is 45.1 Å². The molecule has 3 heterocycles. The van der Waals surface area contributed by atoms with Gasteiger partial charge in [-0.25, -0.2) is 33.4 Å². The van der Waals surface area contributed by atoms with Crippen LogP contribution in [0.15, 0.2) is 30.9 Å². The molecule has 0 spiro atoms. The molecular formula is C22H29N6O14P3S2. The summed E-state index contributed by atoms with van der Waals surface area (Å²) in [6.45, 7) is 2.29. The van der Waals surface area contributed by atoms with Crippen molar-refractivity contribution in [3.05, 3.63) is 42.0 Å². The highest BCUT2D eigenvalue weighted by molar-refractivity contribution is 8.76. The Morgan fingerprint density at radius 1 is 1.15 bits per heavy atom. The number of fused-ring (bicyclic) bond motifs is 1. The Labute approximate surface area is 274 Å². The predicted octanol–water partition coefficient (Wildman–Crippen LogP) is 3.30. The average Bonchev–Trinajstić information content (AvgIpc) is 3.54. The number of nitrogens with zero attached hydrogens (tertiary/aromatic N) is 4. The Morgan fingerprint density at radius 3 is 2.53 bits per heavy atom. The molecule has 3 aromatic rings. The molecule has 0 saturated carbocycles. The number of carbonyl (C=O) groups excluding carboxylic acids is 2. The minimum Gasteiger partial charge on any atom is -0.456 e. The number of nitrogens with one attached hydrogen (secondary N) is 1. The Hall–Kier alpha value is -2.42. The number of phosphoric acid groups is 3. The second-order valence-electron chi connectivity index (χ2n) is 9.67. The largest absolute Gasteiger partial charge is 0.490 e. The van der Waals surface area contributed by atoms with Crippen molar-refractivity contribution in [2.45, 2.75) is 44.0 Å². The molecule has 1 aliphatic rings. The highest BCUT2D eigenvalue weighted by Gasteiger charge is 2.44. The summed E-state index contributed by atoms with van der Waals surface area (Å²) < 4.78 is 60.7. The zero-order chi connectivity index (χ0) is 34.7. The van der Waals surface area contributed by atoms with Gasteiger partial charge in [0, 0.05) is 24.3 Å². The second kappa shape index (κ2) is 15.0. The monoisotopic (exact) mass is 758 g/mol. The predicted molar refractivity (Wildman–Crippen MR) is 168 cm³/mol. The third kappa shape index (κ3) is 10.1. The van der Waals surface area contributed by atoms with E-state index < -0.39 is 54.5 Å². The molecule has 1 saturated heterocycles. The molecule has 2 aromatic heterocycles. The molecule has 0 radical (unpaired) electrons. The highest BCUT2D eigenvalue weighted by Crippen LogP contribution is 2.66. The Morgan fingerprint density at radius 2 is 1.87 bits per heavy atom. The molecule has 1 aliphatic heterocycles. The number of rotatable bonds is 14. The van der Waals surface area contributed by atoms with E-state index in [0.717, 1.165) is 0 Å². The number of phosphoric ester groups is 1. The molecule has 0 bridgehead atoms. The molecule has 4 unspecified atom stereocenters. The zero-order valence-corrected chi connectivity index (χ0v) is 28.8. The molecule has 7 N–H and O–H groups in total. The maximum atomic E-state index is 13.6. The number of aromatic nitrogens is 4. The van der Waals surface area contributed by atoms with Crippen LogP contribution in [0.1, 0.15) is 47.7 Å². The summed E-state index contributed by atoms with van der Waals surface area (Å²) in [4.78, 5) is 74.5. The summed E-state index contributed by atoms with van der Waals surface area (Å²) in [5, 5.41) is 2.43. The molecule has 20 nitrogen and oxygen atoms in total. The number of esters is 1. The Balaban J connectivity index is 1.61. The summed E-state index contributed by atoms with van der Waals surface area (Å²) in [7, 11) is -14.0. The van der Waals surface area contributed by atoms with Gasteiger partial charge in [-0.3, -0.25) is 13.9 Å². The number of hydrogen-bond acceptors (Lipinski definition) is 16. The molecule has 0 aliphatic carbocycles. The Bertz CT molecular complexity index is 1790. The summed E-state index contributed by atoms with van der Waals surface area (Å²) in [5.74, 6) is -1.06. The average molecular weight is 759 g/mol. The molecular weight excluding hydrogens is 729 g/mol. The summed E-state index contributed by atoms with van der Waals surface area (Å²) in [5.41, 5.74) is 7.50. The number of benzene rings is 1. The fourth-order valence-electron chi connectivity index (χ4n) is 4.46. The third-order valence-electron chi connectivity index (χ3n) is 6.22. The van der Waals surface area contributed by atoms with E-state index in [9.17, 15) is 33.1 Å². The number of anilines is 2. The van der Waals surface area contributed by atoms with Crippen molar-refractivity contribution in [1.29, 1.82) is 0 Å². The number of carbonyl (C=O) groups is 2. The van der Waals surface area contributed by atoms with Crippen LogP contribution in [0.25, 0.3) is 11.2 Å². The van der Waals surface area contributed by atoms with E-state index in [1.54, 1.807) is 6.07 Å². The van der Waals surface area contributed by atoms with Gasteiger partial charge in [-0.15, -0.1) is 0 Å². The lowest BCUT2D eigenvalue weighted by Crippen LogP contribution is -2.31. The van der Waals surface area contributed by atoms with E-state index in [4.69, 9.17) is 29.5 Å². The second-order valence-corrected chi connectivity index (χ2v) is 16.9. The molecule has 6 atom stereocenters. The summed E-state index contributed by atoms with van der Waals surface area (Å²) in [6.07, 6.45) is 0.814. The number of hydrogen-bond donors (Lipinski definition) is 6. The van der Waals surface area contributed by atoms with Crippen molar-refractivity contribution < 1.29 is 65.5 Å². The van der Waals surface area contributed by atoms with Gasteiger partial charge in [-0.2, -0.15) is 8.62 Å². The molecule has 258 valence electrons. The van der Waals surface area contributed by atoms with Crippen molar-refractivity contribution in [1.82, 2.24) is 19.5 Å². The van der Waals surface area contributed by atoms with Crippen LogP contribution in [-0.2, 0) is 41.1 Å². The van der Waals surface area contributed by atoms with Gasteiger partial charge < -0.3 is 40.1 Å². The van der Waals surface area contributed by atoms with Crippen LogP contribution in [0.5, 0.6) is 0 Å². The van der Waals surface area contributed by atoms with E-state index in [0.29, 0.717) is 11.3 Å². The number of imidazole rings is 1. The third-order valence-corrected chi connectivity index (χ3v) is 12.2. The van der Waals surface area contributed by atoms with Gasteiger partial charge in [-0.1, -0.05) is 21.6 Å². The van der Waals surface area contributed by atoms with Gasteiger partial charge in [-0.05, 0) is 36.9 Å². The van der Waals surface area contributed by atoms with Crippen molar-refractivity contribution in [3.8, 4) is 0 Å². The van der Waals surface area contributed by atoms with Crippen molar-refractivity contribution in [2.75, 3.05) is 23.9 Å². The van der Waals surface area contributed by atoms with E-state index >= 15 is 0 Å². The lowest BCUT2D eigenvalue weighted by molar-refractivity contribution is -0.114. The number of nitrogens with two attached hydrogens (primary N) is 1. The van der Waals surface area contributed by atoms with Crippen molar-refractivity contribution >= 4 is 79.6 Å². The van der Waals surface area contributed by atoms with Crippen molar-refractivity contribution in [2.24, 2.45) is 0 Å². The molecule has 25 heteroatoms. The van der Waals surface area contributed by atoms with Gasteiger partial charge >= 0.3 is 29.4 Å². The SMILES string of the molecule is CSSC(C)c1cc(NC(C)=O)ccc1C(=O)O[C@@H]1C[C@H](n2cnc3c(N)ncnc32)OC1COP(=O)(O)OP(=O)(O)OP(=O)(O)O. The fraction of sp³-hybridized carbons (Fsp3) is 0.409. The van der Waals surface area contributed by atoms with E-state index in [1.807, 2.05) is 13.2 Å². The first-order valence-electron chi connectivity index (χ1n) is 13.1. The smallest absolute Gasteiger partial charge is 0.456 e. The highest BCUT2D eigenvalue weighted by atomic mass is 33.1. The van der Waals surface area contributed by atoms with E-state index in [2.05, 4.69) is 28.9 Å². The van der Waals surface area contributed by atoms with E-state index in [-0.39, 0.29) is 40.1 Å². The molecule has 4 rings (SSSR count). The number of amides is 1. The quantitative estimate of drug-likeness (QED) is 0.0780. The van der Waals surface area contributed by atoms with Gasteiger partial charge in [0.25, 0.3) is 0 Å². The summed E-state index contributed by atoms with van der Waals surface area (Å²) >= 11 is 0. The number of nitrogen functional groups attached to an aromatic ring is 1. The van der Waals surface area contributed by atoms with Crippen molar-refractivity contribution in [3.63, 3.8) is 0 Å². The molecule has 1 aromatic carbocycles. The van der Waals surface area contributed by atoms with Crippen LogP contribution in [0.2, 0.25) is 0 Å². The van der Waals surface area contributed by atoms with Crippen LogP contribution in [0, 0.1) is 0 Å². The van der Waals surface area contributed by atoms with Gasteiger partial charge in [0.2, 0.25) is 5.91 Å². The molecule has 1 amide bonds. The lowest BCUT2D eigenvalue weighted by atomic mass is 10.0. The standard InChI is InChI=1S/C22H29N6O14P3S2/c1-11(47-46-3)15-6-13(27-12(2)29)4-5-14(15)22(30)40-16-7-18(28-10-26-19-20(23)24-9-25-21(19)28)39-17(16)8-38-44(34,35)42-45(36,37)41-43(31,32)33/h4-6,9-11,16-18H,7-8H2,1-3H3,(H,27,29)(H,34,35)(H,36,37)(H2,23,24,25)(H2,31,32,33)/t11?,16-,17?,18-/m1/s1. The minimum atomic E-state index is -5.79. The molecule has 1 fully saturated rings.